The number of rotatable bonds is 4. The van der Waals surface area contributed by atoms with E-state index in [-0.39, 0.29) is 17.5 Å². The van der Waals surface area contributed by atoms with Gasteiger partial charge in [-0.1, -0.05) is 43.5 Å². The minimum atomic E-state index is -0.477. The lowest BCUT2D eigenvalue weighted by Crippen LogP contribution is -2.65. The zero-order valence-electron chi connectivity index (χ0n) is 18.8. The van der Waals surface area contributed by atoms with Gasteiger partial charge in [-0.2, -0.15) is 0 Å². The van der Waals surface area contributed by atoms with Crippen LogP contribution in [0, 0.1) is 17.8 Å². The van der Waals surface area contributed by atoms with Crippen molar-refractivity contribution in [2.45, 2.75) is 94.2 Å². The molecule has 4 bridgehead atoms. The third-order valence-corrected chi connectivity index (χ3v) is 9.39. The van der Waals surface area contributed by atoms with Crippen molar-refractivity contribution in [3.05, 3.63) is 35.4 Å². The van der Waals surface area contributed by atoms with E-state index < -0.39 is 5.60 Å². The highest BCUT2D eigenvalue weighted by Crippen LogP contribution is 2.57. The van der Waals surface area contributed by atoms with Crippen LogP contribution < -0.4 is 5.32 Å². The van der Waals surface area contributed by atoms with E-state index in [1.54, 1.807) is 0 Å². The number of carbonyl (C=O) groups is 1. The monoisotopic (exact) mass is 422 g/mol. The Bertz CT molecular complexity index is 831. The van der Waals surface area contributed by atoms with Crippen molar-refractivity contribution in [1.82, 2.24) is 10.2 Å². The number of nitrogens with one attached hydrogen (secondary N) is 1. The van der Waals surface area contributed by atoms with Crippen LogP contribution in [0.5, 0.6) is 0 Å². The average molecular weight is 423 g/mol. The third-order valence-electron chi connectivity index (χ3n) is 9.39. The number of benzene rings is 1. The molecule has 31 heavy (non-hydrogen) atoms. The number of hydrogen-bond acceptors (Lipinski definition) is 3. The summed E-state index contributed by atoms with van der Waals surface area (Å²) < 4.78 is 0. The third kappa shape index (κ3) is 3.64. The summed E-state index contributed by atoms with van der Waals surface area (Å²) in [7, 11) is 0. The topological polar surface area (TPSA) is 52.6 Å². The number of carbonyl (C=O) groups excluding carboxylic acids is 1. The maximum absolute atomic E-state index is 13.6. The van der Waals surface area contributed by atoms with Gasteiger partial charge in [0.2, 0.25) is 5.91 Å². The fraction of sp³-hybridized carbons (Fsp3) is 0.741. The van der Waals surface area contributed by atoms with Crippen LogP contribution in [-0.2, 0) is 11.2 Å². The summed E-state index contributed by atoms with van der Waals surface area (Å²) in [5, 5.41) is 14.8. The molecule has 1 aliphatic heterocycles. The minimum Gasteiger partial charge on any atom is -0.390 e. The lowest BCUT2D eigenvalue weighted by Gasteiger charge is -2.60. The molecule has 0 saturated heterocycles. The molecule has 1 heterocycles. The molecular formula is C27H38N2O2. The Labute approximate surface area is 186 Å². The van der Waals surface area contributed by atoms with Gasteiger partial charge in [0.25, 0.3) is 0 Å². The van der Waals surface area contributed by atoms with Crippen LogP contribution in [0.25, 0.3) is 0 Å². The predicted molar refractivity (Wildman–Crippen MR) is 122 cm³/mol. The lowest BCUT2D eigenvalue weighted by molar-refractivity contribution is -0.148. The highest BCUT2D eigenvalue weighted by Gasteiger charge is 2.57. The summed E-state index contributed by atoms with van der Waals surface area (Å²) in [6, 6.07) is 9.09. The first-order valence-electron chi connectivity index (χ1n) is 12.9. The Balaban J connectivity index is 1.20. The van der Waals surface area contributed by atoms with E-state index in [4.69, 9.17) is 0 Å². The van der Waals surface area contributed by atoms with Crippen molar-refractivity contribution in [2.24, 2.45) is 17.8 Å². The van der Waals surface area contributed by atoms with Gasteiger partial charge < -0.3 is 15.3 Å². The molecule has 5 aliphatic carbocycles. The summed E-state index contributed by atoms with van der Waals surface area (Å²) in [6.07, 6.45) is 13.8. The van der Waals surface area contributed by atoms with Crippen molar-refractivity contribution in [3.8, 4) is 0 Å². The average Bonchev–Trinajstić information content (AvgIpc) is 2.75. The molecule has 1 amide bonds. The molecule has 5 saturated carbocycles. The molecule has 1 aromatic carbocycles. The van der Waals surface area contributed by atoms with E-state index in [2.05, 4.69) is 34.5 Å². The first kappa shape index (κ1) is 20.2. The largest absolute Gasteiger partial charge is 0.390 e. The van der Waals surface area contributed by atoms with Gasteiger partial charge in [0.1, 0.15) is 0 Å². The van der Waals surface area contributed by atoms with Crippen molar-refractivity contribution >= 4 is 5.91 Å². The first-order chi connectivity index (χ1) is 15.0. The van der Waals surface area contributed by atoms with Gasteiger partial charge in [0.15, 0.2) is 0 Å². The van der Waals surface area contributed by atoms with Crippen LogP contribution in [-0.4, -0.2) is 40.1 Å². The smallest absolute Gasteiger partial charge is 0.237 e. The maximum Gasteiger partial charge on any atom is 0.237 e. The van der Waals surface area contributed by atoms with Crippen LogP contribution in [0.15, 0.2) is 24.3 Å². The SMILES string of the molecule is O=C(CN[C@]12CC3CC(C[C@](O)(C3)C1)C2)N1CCc2ccccc2C1C1CCCCC1. The number of fused-ring (bicyclic) bond motifs is 1. The Morgan fingerprint density at radius 2 is 1.81 bits per heavy atom. The van der Waals surface area contributed by atoms with Gasteiger partial charge >= 0.3 is 0 Å². The summed E-state index contributed by atoms with van der Waals surface area (Å²) >= 11 is 0. The molecular weight excluding hydrogens is 384 g/mol. The molecule has 0 aromatic heterocycles. The van der Waals surface area contributed by atoms with E-state index in [1.807, 2.05) is 0 Å². The summed E-state index contributed by atoms with van der Waals surface area (Å²) in [5.41, 5.74) is 2.36. The van der Waals surface area contributed by atoms with E-state index in [9.17, 15) is 9.90 Å². The summed E-state index contributed by atoms with van der Waals surface area (Å²) in [4.78, 5) is 15.9. The molecule has 2 N–H and O–H groups in total. The van der Waals surface area contributed by atoms with Crippen molar-refractivity contribution < 1.29 is 9.90 Å². The van der Waals surface area contributed by atoms with Gasteiger partial charge in [-0.3, -0.25) is 4.79 Å². The van der Waals surface area contributed by atoms with E-state index >= 15 is 0 Å². The summed E-state index contributed by atoms with van der Waals surface area (Å²) in [6.45, 7) is 1.28. The molecule has 1 aromatic rings. The van der Waals surface area contributed by atoms with Gasteiger partial charge in [-0.05, 0) is 86.7 Å². The molecule has 4 nitrogen and oxygen atoms in total. The molecule has 0 radical (unpaired) electrons. The molecule has 0 spiro atoms. The van der Waals surface area contributed by atoms with Crippen LogP contribution >= 0.6 is 0 Å². The van der Waals surface area contributed by atoms with E-state index in [0.29, 0.717) is 24.3 Å². The van der Waals surface area contributed by atoms with Gasteiger partial charge in [0.05, 0.1) is 18.2 Å². The molecule has 4 heteroatoms. The molecule has 6 aliphatic rings. The Morgan fingerprint density at radius 1 is 1.06 bits per heavy atom. The van der Waals surface area contributed by atoms with Crippen molar-refractivity contribution in [2.75, 3.05) is 13.1 Å². The standard InChI is InChI=1S/C27H38N2O2/c30-24(17-28-26-13-19-12-20(14-26)16-27(31,15-19)18-26)29-11-10-21-6-4-5-9-23(21)25(29)22-7-2-1-3-8-22/h4-6,9,19-20,22,25,28,31H,1-3,7-8,10-18H2/t19?,20?,25?,26-,27+. The second kappa shape index (κ2) is 7.59. The second-order valence-corrected chi connectivity index (χ2v) is 11.7. The number of nitrogens with zero attached hydrogens (tertiary/aromatic N) is 1. The quantitative estimate of drug-likeness (QED) is 0.758. The normalized spacial score (nSPS) is 39.5. The Hall–Kier alpha value is -1.39. The van der Waals surface area contributed by atoms with Crippen molar-refractivity contribution in [1.29, 1.82) is 0 Å². The number of aliphatic hydroxyl groups is 1. The molecule has 3 unspecified atom stereocenters. The predicted octanol–water partition coefficient (Wildman–Crippen LogP) is 4.37. The van der Waals surface area contributed by atoms with Crippen molar-refractivity contribution in [3.63, 3.8) is 0 Å². The van der Waals surface area contributed by atoms with E-state index in [1.165, 1.54) is 49.7 Å². The molecule has 7 rings (SSSR count). The maximum atomic E-state index is 13.6. The Kier molecular flexibility index (Phi) is 4.95. The second-order valence-electron chi connectivity index (χ2n) is 11.7. The first-order valence-corrected chi connectivity index (χ1v) is 12.9. The van der Waals surface area contributed by atoms with Gasteiger partial charge in [-0.25, -0.2) is 0 Å². The van der Waals surface area contributed by atoms with Crippen LogP contribution in [0.3, 0.4) is 0 Å². The fourth-order valence-electron chi connectivity index (χ4n) is 8.62. The minimum absolute atomic E-state index is 0.0114. The van der Waals surface area contributed by atoms with Crippen LogP contribution in [0.2, 0.25) is 0 Å². The lowest BCUT2D eigenvalue weighted by atomic mass is 9.51. The molecule has 5 fully saturated rings. The number of hydrogen-bond donors (Lipinski definition) is 2. The number of amides is 1. The summed E-state index contributed by atoms with van der Waals surface area (Å²) in [5.74, 6) is 2.16. The Morgan fingerprint density at radius 3 is 2.55 bits per heavy atom. The molecule has 168 valence electrons. The zero-order chi connectivity index (χ0) is 21.1. The highest BCUT2D eigenvalue weighted by molar-refractivity contribution is 5.79. The van der Waals surface area contributed by atoms with Gasteiger partial charge in [0, 0.05) is 12.1 Å². The van der Waals surface area contributed by atoms with Gasteiger partial charge in [-0.15, -0.1) is 0 Å². The van der Waals surface area contributed by atoms with Crippen LogP contribution in [0.4, 0.5) is 0 Å². The highest BCUT2D eigenvalue weighted by atomic mass is 16.3. The van der Waals surface area contributed by atoms with Crippen LogP contribution in [0.1, 0.15) is 87.8 Å². The molecule has 3 atom stereocenters. The fourth-order valence-corrected chi connectivity index (χ4v) is 8.62. The van der Waals surface area contributed by atoms with E-state index in [0.717, 1.165) is 45.1 Å². The zero-order valence-corrected chi connectivity index (χ0v) is 18.8.